The van der Waals surface area contributed by atoms with Gasteiger partial charge in [0.15, 0.2) is 9.84 Å². The van der Waals surface area contributed by atoms with Crippen LogP contribution in [0.25, 0.3) is 0 Å². The standard InChI is InChI=1S/C8H12N2O2S/c1-7-4-9-6-10(7)8-2-3-13(11,12)5-8/h4,6,8H,2-3,5H2,1H3. The first-order valence-corrected chi connectivity index (χ1v) is 6.09. The molecule has 0 aromatic carbocycles. The molecule has 2 heterocycles. The van der Waals surface area contributed by atoms with Gasteiger partial charge in [0.2, 0.25) is 0 Å². The molecule has 0 saturated carbocycles. The average molecular weight is 200 g/mol. The average Bonchev–Trinajstić information content (AvgIpc) is 2.56. The third kappa shape index (κ3) is 1.60. The number of aryl methyl sites for hydroxylation is 1. The zero-order chi connectivity index (χ0) is 9.47. The summed E-state index contributed by atoms with van der Waals surface area (Å²) in [6.45, 7) is 1.94. The van der Waals surface area contributed by atoms with Gasteiger partial charge < -0.3 is 4.57 Å². The molecule has 2 rings (SSSR count). The molecular weight excluding hydrogens is 188 g/mol. The summed E-state index contributed by atoms with van der Waals surface area (Å²) in [6, 6.07) is 0.104. The summed E-state index contributed by atoms with van der Waals surface area (Å²) in [5.41, 5.74) is 1.03. The Balaban J connectivity index is 2.26. The molecule has 72 valence electrons. The van der Waals surface area contributed by atoms with E-state index in [0.29, 0.717) is 5.75 Å². The number of hydrogen-bond acceptors (Lipinski definition) is 3. The molecule has 1 unspecified atom stereocenters. The Morgan fingerprint density at radius 3 is 2.85 bits per heavy atom. The van der Waals surface area contributed by atoms with Gasteiger partial charge in [-0.2, -0.15) is 0 Å². The second-order valence-corrected chi connectivity index (χ2v) is 5.73. The molecule has 0 radical (unpaired) electrons. The number of hydrogen-bond donors (Lipinski definition) is 0. The second kappa shape index (κ2) is 2.83. The van der Waals surface area contributed by atoms with Crippen LogP contribution >= 0.6 is 0 Å². The van der Waals surface area contributed by atoms with E-state index in [1.165, 1.54) is 0 Å². The van der Waals surface area contributed by atoms with E-state index in [-0.39, 0.29) is 11.8 Å². The van der Waals surface area contributed by atoms with Gasteiger partial charge in [-0.05, 0) is 13.3 Å². The number of rotatable bonds is 1. The van der Waals surface area contributed by atoms with Gasteiger partial charge in [-0.15, -0.1) is 0 Å². The van der Waals surface area contributed by atoms with Crippen LogP contribution in [0, 0.1) is 6.92 Å². The van der Waals surface area contributed by atoms with Crippen LogP contribution in [0.4, 0.5) is 0 Å². The van der Waals surface area contributed by atoms with E-state index >= 15 is 0 Å². The monoisotopic (exact) mass is 200 g/mol. The van der Waals surface area contributed by atoms with Crippen molar-refractivity contribution in [3.63, 3.8) is 0 Å². The minimum absolute atomic E-state index is 0.104. The SMILES string of the molecule is Cc1cncn1C1CCS(=O)(=O)C1. The summed E-state index contributed by atoms with van der Waals surface area (Å²) in [4.78, 5) is 3.98. The van der Waals surface area contributed by atoms with E-state index < -0.39 is 9.84 Å². The Hall–Kier alpha value is -0.840. The zero-order valence-corrected chi connectivity index (χ0v) is 8.29. The first-order valence-electron chi connectivity index (χ1n) is 4.27. The Kier molecular flexibility index (Phi) is 1.91. The summed E-state index contributed by atoms with van der Waals surface area (Å²) in [5.74, 6) is 0.583. The van der Waals surface area contributed by atoms with Gasteiger partial charge in [-0.1, -0.05) is 0 Å². The number of sulfone groups is 1. The Labute approximate surface area is 77.5 Å². The zero-order valence-electron chi connectivity index (χ0n) is 7.47. The third-order valence-electron chi connectivity index (χ3n) is 2.46. The van der Waals surface area contributed by atoms with Crippen LogP contribution < -0.4 is 0 Å². The molecule has 0 bridgehead atoms. The minimum Gasteiger partial charge on any atom is -0.331 e. The highest BCUT2D eigenvalue weighted by molar-refractivity contribution is 7.91. The lowest BCUT2D eigenvalue weighted by molar-refractivity contribution is 0.544. The predicted molar refractivity (Wildman–Crippen MR) is 49.3 cm³/mol. The summed E-state index contributed by atoms with van der Waals surface area (Å²) in [5, 5.41) is 0. The molecule has 1 aliphatic rings. The van der Waals surface area contributed by atoms with Gasteiger partial charge in [0.25, 0.3) is 0 Å². The Morgan fingerprint density at radius 1 is 1.62 bits per heavy atom. The van der Waals surface area contributed by atoms with Gasteiger partial charge in [-0.25, -0.2) is 13.4 Å². The van der Waals surface area contributed by atoms with Crippen LogP contribution in [0.5, 0.6) is 0 Å². The summed E-state index contributed by atoms with van der Waals surface area (Å²) in [7, 11) is -2.79. The highest BCUT2D eigenvalue weighted by Crippen LogP contribution is 2.24. The van der Waals surface area contributed by atoms with Crippen molar-refractivity contribution in [2.75, 3.05) is 11.5 Å². The van der Waals surface area contributed by atoms with Crippen molar-refractivity contribution in [3.05, 3.63) is 18.2 Å². The smallest absolute Gasteiger partial charge is 0.152 e. The van der Waals surface area contributed by atoms with Crippen molar-refractivity contribution < 1.29 is 8.42 Å². The van der Waals surface area contributed by atoms with Gasteiger partial charge in [0.1, 0.15) is 0 Å². The maximum absolute atomic E-state index is 11.2. The van der Waals surface area contributed by atoms with Gasteiger partial charge in [0, 0.05) is 17.9 Å². The van der Waals surface area contributed by atoms with Crippen LogP contribution in [0.15, 0.2) is 12.5 Å². The first kappa shape index (κ1) is 8.74. The molecule has 1 aliphatic heterocycles. The van der Waals surface area contributed by atoms with Crippen molar-refractivity contribution in [3.8, 4) is 0 Å². The van der Waals surface area contributed by atoms with Crippen molar-refractivity contribution in [2.45, 2.75) is 19.4 Å². The van der Waals surface area contributed by atoms with Crippen LogP contribution in [0.3, 0.4) is 0 Å². The summed E-state index contributed by atoms with van der Waals surface area (Å²) < 4.78 is 24.4. The Morgan fingerprint density at radius 2 is 2.38 bits per heavy atom. The largest absolute Gasteiger partial charge is 0.331 e. The topological polar surface area (TPSA) is 52.0 Å². The molecule has 0 spiro atoms. The van der Waals surface area contributed by atoms with Gasteiger partial charge in [0.05, 0.1) is 17.8 Å². The molecule has 4 nitrogen and oxygen atoms in total. The predicted octanol–water partition coefficient (Wildman–Crippen LogP) is 0.551. The van der Waals surface area contributed by atoms with Crippen molar-refractivity contribution in [1.82, 2.24) is 9.55 Å². The lowest BCUT2D eigenvalue weighted by Crippen LogP contribution is -2.11. The lowest BCUT2D eigenvalue weighted by Gasteiger charge is -2.10. The molecule has 0 aliphatic carbocycles. The number of aromatic nitrogens is 2. The normalized spacial score (nSPS) is 26.4. The fourth-order valence-corrected chi connectivity index (χ4v) is 3.46. The fourth-order valence-electron chi connectivity index (χ4n) is 1.75. The van der Waals surface area contributed by atoms with Crippen molar-refractivity contribution in [2.24, 2.45) is 0 Å². The molecule has 1 saturated heterocycles. The quantitative estimate of drug-likeness (QED) is 0.665. The van der Waals surface area contributed by atoms with Gasteiger partial charge in [-0.3, -0.25) is 0 Å². The first-order chi connectivity index (χ1) is 6.08. The fraction of sp³-hybridized carbons (Fsp3) is 0.625. The van der Waals surface area contributed by atoms with E-state index in [1.54, 1.807) is 12.5 Å². The highest BCUT2D eigenvalue weighted by atomic mass is 32.2. The maximum atomic E-state index is 11.2. The van der Waals surface area contributed by atoms with E-state index in [1.807, 2.05) is 11.5 Å². The summed E-state index contributed by atoms with van der Waals surface area (Å²) in [6.07, 6.45) is 4.19. The molecule has 0 amide bonds. The maximum Gasteiger partial charge on any atom is 0.152 e. The molecule has 0 N–H and O–H groups in total. The van der Waals surface area contributed by atoms with Crippen LogP contribution in [0.2, 0.25) is 0 Å². The van der Waals surface area contributed by atoms with E-state index in [4.69, 9.17) is 0 Å². The van der Waals surface area contributed by atoms with Gasteiger partial charge >= 0.3 is 0 Å². The summed E-state index contributed by atoms with van der Waals surface area (Å²) >= 11 is 0. The molecule has 1 aromatic heterocycles. The van der Waals surface area contributed by atoms with Crippen molar-refractivity contribution >= 4 is 9.84 Å². The molecular formula is C8H12N2O2S. The van der Waals surface area contributed by atoms with Crippen molar-refractivity contribution in [1.29, 1.82) is 0 Å². The molecule has 1 fully saturated rings. The minimum atomic E-state index is -2.79. The van der Waals surface area contributed by atoms with E-state index in [0.717, 1.165) is 12.1 Å². The molecule has 1 atom stereocenters. The Bertz CT molecular complexity index is 408. The van der Waals surface area contributed by atoms with E-state index in [9.17, 15) is 8.42 Å². The molecule has 1 aromatic rings. The molecule has 5 heteroatoms. The highest BCUT2D eigenvalue weighted by Gasteiger charge is 2.29. The number of imidazole rings is 1. The number of nitrogens with zero attached hydrogens (tertiary/aromatic N) is 2. The van der Waals surface area contributed by atoms with E-state index in [2.05, 4.69) is 4.98 Å². The van der Waals surface area contributed by atoms with Crippen LogP contribution in [-0.2, 0) is 9.84 Å². The van der Waals surface area contributed by atoms with Crippen LogP contribution in [0.1, 0.15) is 18.2 Å². The third-order valence-corrected chi connectivity index (χ3v) is 4.21. The van der Waals surface area contributed by atoms with Crippen LogP contribution in [-0.4, -0.2) is 29.5 Å². The lowest BCUT2D eigenvalue weighted by atomic mass is 10.2. The second-order valence-electron chi connectivity index (χ2n) is 3.50. The molecule has 13 heavy (non-hydrogen) atoms.